The summed E-state index contributed by atoms with van der Waals surface area (Å²) in [5.74, 6) is 0.446. The number of para-hydroxylation sites is 1. The molecule has 1 heterocycles. The number of esters is 1. The molecule has 0 saturated carbocycles. The lowest BCUT2D eigenvalue weighted by molar-refractivity contribution is -0.140. The molecule has 1 aliphatic rings. The number of ether oxygens (including phenoxy) is 2. The second kappa shape index (κ2) is 8.55. The third-order valence-corrected chi connectivity index (χ3v) is 3.73. The summed E-state index contributed by atoms with van der Waals surface area (Å²) in [5.41, 5.74) is 1.63. The van der Waals surface area contributed by atoms with Gasteiger partial charge in [0.2, 0.25) is 0 Å². The van der Waals surface area contributed by atoms with Crippen molar-refractivity contribution in [3.8, 4) is 5.75 Å². The third kappa shape index (κ3) is 4.75. The van der Waals surface area contributed by atoms with E-state index >= 15 is 0 Å². The van der Waals surface area contributed by atoms with Gasteiger partial charge in [-0.05, 0) is 25.3 Å². The molecule has 0 spiro atoms. The molecular weight excluding hydrogens is 320 g/mol. The highest BCUT2D eigenvalue weighted by atomic mass is 16.5. The Morgan fingerprint density at radius 3 is 2.68 bits per heavy atom. The van der Waals surface area contributed by atoms with Crippen LogP contribution < -0.4 is 15.4 Å². The van der Waals surface area contributed by atoms with Crippen molar-refractivity contribution in [3.63, 3.8) is 0 Å². The average Bonchev–Trinajstić information content (AvgIpc) is 2.57. The predicted octanol–water partition coefficient (Wildman–Crippen LogP) is 3.30. The molecule has 1 aromatic rings. The van der Waals surface area contributed by atoms with E-state index < -0.39 is 12.0 Å². The molecule has 0 aromatic heterocycles. The number of urea groups is 1. The number of amides is 2. The molecule has 136 valence electrons. The molecule has 25 heavy (non-hydrogen) atoms. The highest BCUT2D eigenvalue weighted by Gasteiger charge is 2.33. The summed E-state index contributed by atoms with van der Waals surface area (Å²) in [6.07, 6.45) is 0.866. The van der Waals surface area contributed by atoms with Gasteiger partial charge in [-0.15, -0.1) is 0 Å². The largest absolute Gasteiger partial charge is 0.493 e. The smallest absolute Gasteiger partial charge is 0.338 e. The van der Waals surface area contributed by atoms with Crippen LogP contribution in [-0.4, -0.2) is 25.2 Å². The van der Waals surface area contributed by atoms with Crippen LogP contribution >= 0.6 is 0 Å². The summed E-state index contributed by atoms with van der Waals surface area (Å²) in [6.45, 7) is 8.55. The van der Waals surface area contributed by atoms with Crippen molar-refractivity contribution >= 4 is 12.0 Å². The molecule has 1 unspecified atom stereocenters. The lowest BCUT2D eigenvalue weighted by Gasteiger charge is -2.29. The van der Waals surface area contributed by atoms with Gasteiger partial charge in [0.05, 0.1) is 24.8 Å². The number of allylic oxidation sites excluding steroid dienone is 1. The summed E-state index contributed by atoms with van der Waals surface area (Å²) in [4.78, 5) is 24.6. The Bertz CT molecular complexity index is 667. The number of carbonyl (C=O) groups excluding carboxylic acids is 2. The molecular formula is C19H26N2O4. The number of hydrogen-bond donors (Lipinski definition) is 2. The molecule has 2 rings (SSSR count). The van der Waals surface area contributed by atoms with Gasteiger partial charge in [-0.25, -0.2) is 9.59 Å². The number of benzene rings is 1. The molecule has 0 aliphatic carbocycles. The SMILES string of the molecule is CCCOc1ccccc1C1NC(=O)NC(C)=C1C(=O)OCC(C)C. The summed E-state index contributed by atoms with van der Waals surface area (Å²) >= 11 is 0. The normalized spacial score (nSPS) is 17.2. The van der Waals surface area contributed by atoms with Gasteiger partial charge in [-0.3, -0.25) is 0 Å². The summed E-state index contributed by atoms with van der Waals surface area (Å²) in [7, 11) is 0. The van der Waals surface area contributed by atoms with Crippen molar-refractivity contribution < 1.29 is 19.1 Å². The maximum Gasteiger partial charge on any atom is 0.338 e. The van der Waals surface area contributed by atoms with Gasteiger partial charge in [0.15, 0.2) is 0 Å². The van der Waals surface area contributed by atoms with Crippen molar-refractivity contribution in [2.24, 2.45) is 5.92 Å². The Hall–Kier alpha value is -2.50. The molecule has 6 heteroatoms. The fourth-order valence-electron chi connectivity index (χ4n) is 2.58. The summed E-state index contributed by atoms with van der Waals surface area (Å²) < 4.78 is 11.2. The molecule has 1 atom stereocenters. The topological polar surface area (TPSA) is 76.7 Å². The highest BCUT2D eigenvalue weighted by molar-refractivity contribution is 5.95. The zero-order valence-electron chi connectivity index (χ0n) is 15.2. The fraction of sp³-hybridized carbons (Fsp3) is 0.474. The first kappa shape index (κ1) is 18.8. The van der Waals surface area contributed by atoms with Gasteiger partial charge < -0.3 is 20.1 Å². The van der Waals surface area contributed by atoms with E-state index in [2.05, 4.69) is 10.6 Å². The summed E-state index contributed by atoms with van der Waals surface area (Å²) in [5, 5.41) is 5.46. The van der Waals surface area contributed by atoms with Gasteiger partial charge in [0, 0.05) is 11.3 Å². The van der Waals surface area contributed by atoms with Gasteiger partial charge >= 0.3 is 12.0 Å². The molecule has 1 aliphatic heterocycles. The molecule has 1 aromatic carbocycles. The minimum Gasteiger partial charge on any atom is -0.493 e. The van der Waals surface area contributed by atoms with E-state index in [1.54, 1.807) is 6.92 Å². The van der Waals surface area contributed by atoms with Crippen molar-refractivity contribution in [2.75, 3.05) is 13.2 Å². The van der Waals surface area contributed by atoms with E-state index in [1.165, 1.54) is 0 Å². The van der Waals surface area contributed by atoms with E-state index in [4.69, 9.17) is 9.47 Å². The molecule has 6 nitrogen and oxygen atoms in total. The summed E-state index contributed by atoms with van der Waals surface area (Å²) in [6, 6.07) is 6.45. The van der Waals surface area contributed by atoms with Crippen LogP contribution in [0.5, 0.6) is 5.75 Å². The first-order valence-corrected chi connectivity index (χ1v) is 8.61. The van der Waals surface area contributed by atoms with Crippen molar-refractivity contribution in [1.29, 1.82) is 0 Å². The molecule has 2 amide bonds. The quantitative estimate of drug-likeness (QED) is 0.743. The van der Waals surface area contributed by atoms with Crippen LogP contribution in [0.1, 0.15) is 45.7 Å². The van der Waals surface area contributed by atoms with Crippen molar-refractivity contribution in [1.82, 2.24) is 10.6 Å². The minimum atomic E-state index is -0.610. The third-order valence-electron chi connectivity index (χ3n) is 3.73. The number of carbonyl (C=O) groups is 2. The maximum absolute atomic E-state index is 12.6. The zero-order chi connectivity index (χ0) is 18.4. The first-order valence-electron chi connectivity index (χ1n) is 8.61. The Morgan fingerprint density at radius 2 is 2.00 bits per heavy atom. The van der Waals surface area contributed by atoms with E-state index in [1.807, 2.05) is 45.0 Å². The Morgan fingerprint density at radius 1 is 1.28 bits per heavy atom. The van der Waals surface area contributed by atoms with Gasteiger partial charge in [-0.2, -0.15) is 0 Å². The number of rotatable bonds is 7. The lowest BCUT2D eigenvalue weighted by Crippen LogP contribution is -2.45. The van der Waals surface area contributed by atoms with Crippen LogP contribution in [0.3, 0.4) is 0 Å². The maximum atomic E-state index is 12.6. The van der Waals surface area contributed by atoms with E-state index in [0.717, 1.165) is 12.0 Å². The Balaban J connectivity index is 2.38. The standard InChI is InChI=1S/C19H26N2O4/c1-5-10-24-15-9-7-6-8-14(15)17-16(13(4)20-19(23)21-17)18(22)25-11-12(2)3/h6-9,12,17H,5,10-11H2,1-4H3,(H2,20,21,23). The van der Waals surface area contributed by atoms with Crippen LogP contribution in [0.4, 0.5) is 4.79 Å². The van der Waals surface area contributed by atoms with Gasteiger partial charge in [-0.1, -0.05) is 39.0 Å². The van der Waals surface area contributed by atoms with Crippen molar-refractivity contribution in [3.05, 3.63) is 41.1 Å². The van der Waals surface area contributed by atoms with E-state index in [9.17, 15) is 9.59 Å². The van der Waals surface area contributed by atoms with Gasteiger partial charge in [0.1, 0.15) is 5.75 Å². The molecule has 0 bridgehead atoms. The Labute approximate surface area is 148 Å². The van der Waals surface area contributed by atoms with Crippen LogP contribution in [0.15, 0.2) is 35.5 Å². The van der Waals surface area contributed by atoms with Crippen LogP contribution in [0, 0.1) is 5.92 Å². The number of nitrogens with one attached hydrogen (secondary N) is 2. The van der Waals surface area contributed by atoms with Crippen LogP contribution in [0.25, 0.3) is 0 Å². The van der Waals surface area contributed by atoms with Crippen LogP contribution in [0.2, 0.25) is 0 Å². The predicted molar refractivity (Wildman–Crippen MR) is 95.1 cm³/mol. The fourth-order valence-corrected chi connectivity index (χ4v) is 2.58. The second-order valence-corrected chi connectivity index (χ2v) is 6.45. The molecule has 0 fully saturated rings. The highest BCUT2D eigenvalue weighted by Crippen LogP contribution is 2.33. The lowest BCUT2D eigenvalue weighted by atomic mass is 9.95. The Kier molecular flexibility index (Phi) is 6.44. The zero-order valence-corrected chi connectivity index (χ0v) is 15.2. The molecule has 0 saturated heterocycles. The average molecular weight is 346 g/mol. The van der Waals surface area contributed by atoms with E-state index in [-0.39, 0.29) is 11.9 Å². The van der Waals surface area contributed by atoms with E-state index in [0.29, 0.717) is 30.2 Å². The molecule has 2 N–H and O–H groups in total. The monoisotopic (exact) mass is 346 g/mol. The van der Waals surface area contributed by atoms with Crippen LogP contribution in [-0.2, 0) is 9.53 Å². The van der Waals surface area contributed by atoms with Crippen molar-refractivity contribution in [2.45, 2.75) is 40.2 Å². The molecule has 0 radical (unpaired) electrons. The minimum absolute atomic E-state index is 0.231. The second-order valence-electron chi connectivity index (χ2n) is 6.45. The number of hydrogen-bond acceptors (Lipinski definition) is 4. The van der Waals surface area contributed by atoms with Gasteiger partial charge in [0.25, 0.3) is 0 Å². The first-order chi connectivity index (χ1) is 11.9.